The van der Waals surface area contributed by atoms with Gasteiger partial charge < -0.3 is 13.6 Å². The van der Waals surface area contributed by atoms with Crippen LogP contribution in [0, 0.1) is 0 Å². The molecule has 0 aliphatic rings. The molecule has 0 radical (unpaired) electrons. The molecule has 0 aliphatic heterocycles. The fourth-order valence-electron chi connectivity index (χ4n) is 6.48. The molecule has 3 heterocycles. The van der Waals surface area contributed by atoms with Gasteiger partial charge in [-0.3, -0.25) is 0 Å². The van der Waals surface area contributed by atoms with Crippen LogP contribution in [0.3, 0.4) is 0 Å². The third-order valence-electron chi connectivity index (χ3n) is 8.17. The summed E-state index contributed by atoms with van der Waals surface area (Å²) in [5.74, 6) is 0. The zero-order valence-corrected chi connectivity index (χ0v) is 22.9. The van der Waals surface area contributed by atoms with Crippen LogP contribution >= 0.6 is 15.9 Å². The van der Waals surface area contributed by atoms with Gasteiger partial charge in [-0.05, 0) is 66.7 Å². The van der Waals surface area contributed by atoms with Gasteiger partial charge in [-0.2, -0.15) is 0 Å². The lowest BCUT2D eigenvalue weighted by molar-refractivity contribution is 0.669. The van der Waals surface area contributed by atoms with Crippen LogP contribution in [0.5, 0.6) is 0 Å². The maximum atomic E-state index is 6.19. The highest BCUT2D eigenvalue weighted by molar-refractivity contribution is 9.10. The average molecular weight is 577 g/mol. The summed E-state index contributed by atoms with van der Waals surface area (Å²) < 4.78 is 12.0. The molecule has 40 heavy (non-hydrogen) atoms. The standard InChI is InChI=1S/C36H21BrN2O/c37-29-13-8-16-35-36(29)28-19-23(17-18-34(28)40-35)39-31-15-7-5-12-25(31)27-20-26-24-11-4-6-14-30(24)38(32(26)21-33(27)39)22-9-2-1-3-10-22/h1-21H. The fraction of sp³-hybridized carbons (Fsp3) is 0. The van der Waals surface area contributed by atoms with E-state index in [0.29, 0.717) is 0 Å². The van der Waals surface area contributed by atoms with Crippen LogP contribution in [0.25, 0.3) is 76.9 Å². The predicted molar refractivity (Wildman–Crippen MR) is 170 cm³/mol. The fourth-order valence-corrected chi connectivity index (χ4v) is 7.04. The Hall–Kier alpha value is -4.80. The van der Waals surface area contributed by atoms with Crippen LogP contribution in [0.2, 0.25) is 0 Å². The van der Waals surface area contributed by atoms with E-state index >= 15 is 0 Å². The van der Waals surface area contributed by atoms with Gasteiger partial charge in [0, 0.05) is 48.2 Å². The lowest BCUT2D eigenvalue weighted by atomic mass is 10.1. The molecule has 0 bridgehead atoms. The maximum Gasteiger partial charge on any atom is 0.136 e. The first kappa shape index (κ1) is 22.1. The molecule has 9 aromatic rings. The minimum Gasteiger partial charge on any atom is -0.456 e. The lowest BCUT2D eigenvalue weighted by Crippen LogP contribution is -1.95. The molecule has 0 amide bonds. The van der Waals surface area contributed by atoms with Gasteiger partial charge in [0.1, 0.15) is 11.2 Å². The third kappa shape index (κ3) is 2.94. The van der Waals surface area contributed by atoms with Crippen molar-refractivity contribution >= 4 is 81.5 Å². The second-order valence-corrected chi connectivity index (χ2v) is 11.2. The summed E-state index contributed by atoms with van der Waals surface area (Å²) >= 11 is 3.75. The summed E-state index contributed by atoms with van der Waals surface area (Å²) in [4.78, 5) is 0. The van der Waals surface area contributed by atoms with Gasteiger partial charge in [-0.25, -0.2) is 0 Å². The molecular weight excluding hydrogens is 556 g/mol. The number of rotatable bonds is 2. The Balaban J connectivity index is 1.44. The molecule has 3 nitrogen and oxygen atoms in total. The number of aromatic nitrogens is 2. The Kier molecular flexibility index (Phi) is 4.47. The van der Waals surface area contributed by atoms with E-state index in [1.807, 2.05) is 12.1 Å². The van der Waals surface area contributed by atoms with E-state index in [9.17, 15) is 0 Å². The highest BCUT2D eigenvalue weighted by Crippen LogP contribution is 2.41. The number of hydrogen-bond donors (Lipinski definition) is 0. The molecule has 0 N–H and O–H groups in total. The number of nitrogens with zero attached hydrogens (tertiary/aromatic N) is 2. The minimum absolute atomic E-state index is 0.887. The first-order chi connectivity index (χ1) is 19.8. The molecule has 3 aromatic heterocycles. The second kappa shape index (κ2) is 8.10. The molecule has 0 aliphatic carbocycles. The molecule has 4 heteroatoms. The van der Waals surface area contributed by atoms with Gasteiger partial charge in [-0.15, -0.1) is 0 Å². The van der Waals surface area contributed by atoms with Crippen molar-refractivity contribution < 1.29 is 4.42 Å². The molecular formula is C36H21BrN2O. The van der Waals surface area contributed by atoms with Crippen molar-refractivity contribution in [3.8, 4) is 11.4 Å². The number of para-hydroxylation sites is 3. The van der Waals surface area contributed by atoms with E-state index < -0.39 is 0 Å². The van der Waals surface area contributed by atoms with Crippen molar-refractivity contribution in [2.75, 3.05) is 0 Å². The normalized spacial score (nSPS) is 12.1. The summed E-state index contributed by atoms with van der Waals surface area (Å²) in [6, 6.07) is 45.4. The van der Waals surface area contributed by atoms with Crippen molar-refractivity contribution in [2.24, 2.45) is 0 Å². The smallest absolute Gasteiger partial charge is 0.136 e. The van der Waals surface area contributed by atoms with Crippen molar-refractivity contribution in [3.63, 3.8) is 0 Å². The van der Waals surface area contributed by atoms with Gasteiger partial charge in [0.05, 0.1) is 22.1 Å². The third-order valence-corrected chi connectivity index (χ3v) is 8.83. The van der Waals surface area contributed by atoms with Gasteiger partial charge in [0.25, 0.3) is 0 Å². The van der Waals surface area contributed by atoms with E-state index in [1.54, 1.807) is 0 Å². The maximum absolute atomic E-state index is 6.19. The Morgan fingerprint density at radius 1 is 0.425 bits per heavy atom. The highest BCUT2D eigenvalue weighted by Gasteiger charge is 2.19. The van der Waals surface area contributed by atoms with Gasteiger partial charge in [0.15, 0.2) is 0 Å². The van der Waals surface area contributed by atoms with Crippen LogP contribution in [-0.2, 0) is 0 Å². The molecule has 0 fully saturated rings. The van der Waals surface area contributed by atoms with Crippen LogP contribution in [-0.4, -0.2) is 9.13 Å². The number of hydrogen-bond acceptors (Lipinski definition) is 1. The number of halogens is 1. The van der Waals surface area contributed by atoms with E-state index in [0.717, 1.165) is 37.8 Å². The van der Waals surface area contributed by atoms with Crippen LogP contribution in [0.1, 0.15) is 0 Å². The zero-order chi connectivity index (χ0) is 26.4. The second-order valence-electron chi connectivity index (χ2n) is 10.3. The van der Waals surface area contributed by atoms with E-state index in [2.05, 4.69) is 140 Å². The summed E-state index contributed by atoms with van der Waals surface area (Å²) in [7, 11) is 0. The SMILES string of the molecule is Brc1cccc2oc3ccc(-n4c5ccccc5c5cc6c7ccccc7n(-c7ccccc7)c6cc54)cc3c12. The Morgan fingerprint density at radius 2 is 1.07 bits per heavy atom. The van der Waals surface area contributed by atoms with Crippen LogP contribution in [0.15, 0.2) is 136 Å². The highest BCUT2D eigenvalue weighted by atomic mass is 79.9. The molecule has 0 atom stereocenters. The van der Waals surface area contributed by atoms with Crippen LogP contribution in [0.4, 0.5) is 0 Å². The molecule has 0 spiro atoms. The van der Waals surface area contributed by atoms with Crippen molar-refractivity contribution in [1.29, 1.82) is 0 Å². The van der Waals surface area contributed by atoms with E-state index in [4.69, 9.17) is 4.42 Å². The van der Waals surface area contributed by atoms with Crippen molar-refractivity contribution in [3.05, 3.63) is 132 Å². The average Bonchev–Trinajstić information content (AvgIpc) is 3.64. The van der Waals surface area contributed by atoms with Gasteiger partial charge in [0.2, 0.25) is 0 Å². The Labute approximate surface area is 237 Å². The van der Waals surface area contributed by atoms with Crippen molar-refractivity contribution in [1.82, 2.24) is 9.13 Å². The Morgan fingerprint density at radius 3 is 1.80 bits per heavy atom. The van der Waals surface area contributed by atoms with Gasteiger partial charge in [-0.1, -0.05) is 76.6 Å². The first-order valence-corrected chi connectivity index (χ1v) is 14.2. The quantitative estimate of drug-likeness (QED) is 0.200. The summed E-state index contributed by atoms with van der Waals surface area (Å²) in [6.45, 7) is 0. The molecule has 0 unspecified atom stereocenters. The molecule has 0 saturated carbocycles. The van der Waals surface area contributed by atoms with E-state index in [-0.39, 0.29) is 0 Å². The zero-order valence-electron chi connectivity index (χ0n) is 21.3. The summed E-state index contributed by atoms with van der Waals surface area (Å²) in [5.41, 5.74) is 8.82. The topological polar surface area (TPSA) is 23.0 Å². The molecule has 0 saturated heterocycles. The van der Waals surface area contributed by atoms with Gasteiger partial charge >= 0.3 is 0 Å². The number of fused-ring (bicyclic) bond motifs is 9. The molecule has 9 rings (SSSR count). The van der Waals surface area contributed by atoms with E-state index in [1.165, 1.54) is 43.6 Å². The monoisotopic (exact) mass is 576 g/mol. The minimum atomic E-state index is 0.887. The number of benzene rings is 6. The molecule has 188 valence electrons. The van der Waals surface area contributed by atoms with Crippen LogP contribution < -0.4 is 0 Å². The number of furan rings is 1. The Bertz CT molecular complexity index is 2440. The predicted octanol–water partition coefficient (Wildman–Crippen LogP) is 10.5. The molecule has 6 aromatic carbocycles. The largest absolute Gasteiger partial charge is 0.456 e. The lowest BCUT2D eigenvalue weighted by Gasteiger charge is -2.10. The first-order valence-electron chi connectivity index (χ1n) is 13.4. The summed E-state index contributed by atoms with van der Waals surface area (Å²) in [6.07, 6.45) is 0. The summed E-state index contributed by atoms with van der Waals surface area (Å²) in [5, 5.41) is 7.22. The van der Waals surface area contributed by atoms with Crippen molar-refractivity contribution in [2.45, 2.75) is 0 Å².